The molecule has 3 nitrogen and oxygen atoms in total. The summed E-state index contributed by atoms with van der Waals surface area (Å²) in [5, 5.41) is 18.2. The third kappa shape index (κ3) is 6.50. The number of benzene rings is 2. The van der Waals surface area contributed by atoms with E-state index in [0.29, 0.717) is 6.42 Å². The predicted molar refractivity (Wildman–Crippen MR) is 91.9 cm³/mol. The zero-order valence-corrected chi connectivity index (χ0v) is 16.3. The zero-order chi connectivity index (χ0) is 15.9. The first kappa shape index (κ1) is 19.9. The largest absolute Gasteiger partial charge is 0.393 e. The van der Waals surface area contributed by atoms with E-state index in [9.17, 15) is 0 Å². The minimum Gasteiger partial charge on any atom is -0.393 e. The van der Waals surface area contributed by atoms with Crippen molar-refractivity contribution in [2.75, 3.05) is 0 Å². The van der Waals surface area contributed by atoms with Crippen LogP contribution in [0.3, 0.4) is 0 Å². The Hall–Kier alpha value is -1.10. The van der Waals surface area contributed by atoms with Crippen molar-refractivity contribution in [2.24, 2.45) is 0 Å². The van der Waals surface area contributed by atoms with Gasteiger partial charge in [-0.1, -0.05) is 12.1 Å². The van der Waals surface area contributed by atoms with Gasteiger partial charge in [-0.3, -0.25) is 4.98 Å². The number of fused-ring (bicyclic) bond motifs is 1. The molecule has 0 aliphatic rings. The molecule has 1 aromatic heterocycles. The minimum absolute atomic E-state index is 0. The second-order valence-corrected chi connectivity index (χ2v) is 6.23. The molecular formula is C18H20IrNO2S-. The number of thiazole rings is 1. The number of hydrogen-bond acceptors (Lipinski definition) is 4. The summed E-state index contributed by atoms with van der Waals surface area (Å²) in [4.78, 5) is 4.57. The van der Waals surface area contributed by atoms with Crippen LogP contribution in [-0.2, 0) is 20.1 Å². The van der Waals surface area contributed by atoms with Crippen LogP contribution in [0.1, 0.15) is 20.3 Å². The smallest absolute Gasteiger partial charge is 0.0697 e. The van der Waals surface area contributed by atoms with Gasteiger partial charge < -0.3 is 10.2 Å². The molecule has 125 valence electrons. The Kier molecular flexibility index (Phi) is 8.59. The number of para-hydroxylation sites is 1. The molecule has 0 amide bonds. The molecule has 1 heterocycles. The summed E-state index contributed by atoms with van der Waals surface area (Å²) in [5.41, 5.74) is 2.13. The van der Waals surface area contributed by atoms with Crippen molar-refractivity contribution in [1.29, 1.82) is 0 Å². The SMILES string of the molecule is CC(O)CC(C)O.[Ir].[c-]1ccccc1-c1nc2ccccc2s1. The van der Waals surface area contributed by atoms with Crippen molar-refractivity contribution < 1.29 is 30.3 Å². The van der Waals surface area contributed by atoms with Crippen molar-refractivity contribution in [3.8, 4) is 10.6 Å². The monoisotopic (exact) mass is 507 g/mol. The average molecular weight is 507 g/mol. The molecule has 2 N–H and O–H groups in total. The van der Waals surface area contributed by atoms with Crippen LogP contribution in [0.2, 0.25) is 0 Å². The first-order chi connectivity index (χ1) is 10.6. The predicted octanol–water partition coefficient (Wildman–Crippen LogP) is 3.90. The topological polar surface area (TPSA) is 53.4 Å². The Morgan fingerprint density at radius 3 is 2.22 bits per heavy atom. The molecule has 0 spiro atoms. The summed E-state index contributed by atoms with van der Waals surface area (Å²) in [7, 11) is 0. The summed E-state index contributed by atoms with van der Waals surface area (Å²) < 4.78 is 1.23. The Bertz CT molecular complexity index is 659. The molecule has 0 saturated heterocycles. The van der Waals surface area contributed by atoms with Crippen molar-refractivity contribution >= 4 is 21.6 Å². The number of rotatable bonds is 3. The second kappa shape index (κ2) is 9.91. The minimum atomic E-state index is -0.375. The van der Waals surface area contributed by atoms with Crippen molar-refractivity contribution in [3.05, 3.63) is 54.6 Å². The first-order valence-electron chi connectivity index (χ1n) is 7.25. The van der Waals surface area contributed by atoms with Crippen LogP contribution in [0, 0.1) is 6.07 Å². The van der Waals surface area contributed by atoms with Crippen molar-refractivity contribution in [1.82, 2.24) is 4.98 Å². The molecule has 0 fully saturated rings. The maximum Gasteiger partial charge on any atom is 0.0697 e. The molecular weight excluding hydrogens is 486 g/mol. The van der Waals surface area contributed by atoms with Gasteiger partial charge in [-0.2, -0.15) is 11.3 Å². The quantitative estimate of drug-likeness (QED) is 0.530. The summed E-state index contributed by atoms with van der Waals surface area (Å²) in [6.45, 7) is 3.32. The van der Waals surface area contributed by atoms with E-state index in [1.807, 2.05) is 42.5 Å². The molecule has 3 rings (SSSR count). The fourth-order valence-electron chi connectivity index (χ4n) is 2.01. The van der Waals surface area contributed by atoms with E-state index in [-0.39, 0.29) is 32.3 Å². The molecule has 2 unspecified atom stereocenters. The first-order valence-corrected chi connectivity index (χ1v) is 8.06. The number of hydrogen-bond donors (Lipinski definition) is 2. The van der Waals surface area contributed by atoms with Crippen molar-refractivity contribution in [3.63, 3.8) is 0 Å². The molecule has 2 aromatic carbocycles. The summed E-state index contributed by atoms with van der Waals surface area (Å²) >= 11 is 1.71. The molecule has 23 heavy (non-hydrogen) atoms. The maximum absolute atomic E-state index is 8.56. The summed E-state index contributed by atoms with van der Waals surface area (Å²) in [6.07, 6.45) is -0.278. The number of aliphatic hydroxyl groups excluding tert-OH is 2. The average Bonchev–Trinajstić information content (AvgIpc) is 2.91. The van der Waals surface area contributed by atoms with Gasteiger partial charge in [0.1, 0.15) is 0 Å². The van der Waals surface area contributed by atoms with E-state index in [2.05, 4.69) is 17.1 Å². The van der Waals surface area contributed by atoms with E-state index in [0.717, 1.165) is 16.1 Å². The Balaban J connectivity index is 0.000000287. The van der Waals surface area contributed by atoms with Crippen LogP contribution in [0.5, 0.6) is 0 Å². The summed E-state index contributed by atoms with van der Waals surface area (Å²) in [5.74, 6) is 0. The van der Waals surface area contributed by atoms with Crippen LogP contribution < -0.4 is 0 Å². The van der Waals surface area contributed by atoms with Crippen molar-refractivity contribution in [2.45, 2.75) is 32.5 Å². The zero-order valence-electron chi connectivity index (χ0n) is 13.1. The van der Waals surface area contributed by atoms with E-state index in [1.165, 1.54) is 4.70 Å². The number of aromatic nitrogens is 1. The third-order valence-electron chi connectivity index (χ3n) is 2.92. The standard InChI is InChI=1S/C13H8NS.C5H12O2.Ir/c1-2-6-10(7-3-1)13-14-11-8-4-5-9-12(11)15-13;1-4(6)3-5(2)7;/h1-6,8-9H;4-7H,3H2,1-2H3;/q-1;;. The van der Waals surface area contributed by atoms with E-state index >= 15 is 0 Å². The third-order valence-corrected chi connectivity index (χ3v) is 3.99. The molecule has 5 heteroatoms. The normalized spacial score (nSPS) is 12.7. The van der Waals surface area contributed by atoms with Gasteiger partial charge in [0.05, 0.1) is 17.7 Å². The molecule has 0 aliphatic carbocycles. The van der Waals surface area contributed by atoms with Crippen LogP contribution in [0.15, 0.2) is 48.5 Å². The Labute approximate surface area is 154 Å². The fourth-order valence-corrected chi connectivity index (χ4v) is 2.96. The van der Waals surface area contributed by atoms with Gasteiger partial charge in [0.2, 0.25) is 0 Å². The van der Waals surface area contributed by atoms with Gasteiger partial charge in [0.25, 0.3) is 0 Å². The Morgan fingerprint density at radius 2 is 1.70 bits per heavy atom. The van der Waals surface area contributed by atoms with E-state index in [1.54, 1.807) is 25.2 Å². The van der Waals surface area contributed by atoms with E-state index in [4.69, 9.17) is 10.2 Å². The molecule has 1 radical (unpaired) electrons. The van der Waals surface area contributed by atoms with Gasteiger partial charge in [0.15, 0.2) is 0 Å². The van der Waals surface area contributed by atoms with Crippen LogP contribution in [-0.4, -0.2) is 27.4 Å². The molecule has 0 aliphatic heterocycles. The number of nitrogens with zero attached hydrogens (tertiary/aromatic N) is 1. The van der Waals surface area contributed by atoms with Crippen LogP contribution >= 0.6 is 11.3 Å². The van der Waals surface area contributed by atoms with Gasteiger partial charge in [-0.05, 0) is 32.4 Å². The fraction of sp³-hybridized carbons (Fsp3) is 0.278. The molecule has 2 atom stereocenters. The second-order valence-electron chi connectivity index (χ2n) is 5.20. The maximum atomic E-state index is 8.56. The van der Waals surface area contributed by atoms with Gasteiger partial charge in [-0.25, -0.2) is 0 Å². The van der Waals surface area contributed by atoms with Gasteiger partial charge in [0, 0.05) is 29.8 Å². The van der Waals surface area contributed by atoms with E-state index < -0.39 is 0 Å². The number of aliphatic hydroxyl groups is 2. The van der Waals surface area contributed by atoms with Gasteiger partial charge in [-0.15, -0.1) is 35.9 Å². The Morgan fingerprint density at radius 1 is 1.04 bits per heavy atom. The molecule has 0 saturated carbocycles. The van der Waals surface area contributed by atoms with Gasteiger partial charge >= 0.3 is 0 Å². The molecule has 3 aromatic rings. The van der Waals surface area contributed by atoms with Crippen LogP contribution in [0.4, 0.5) is 0 Å². The van der Waals surface area contributed by atoms with Crippen LogP contribution in [0.25, 0.3) is 20.8 Å². The summed E-state index contributed by atoms with van der Waals surface area (Å²) in [6, 6.07) is 19.3. The molecule has 0 bridgehead atoms.